The Balaban J connectivity index is 2.03. The minimum atomic E-state index is -2.32. The van der Waals surface area contributed by atoms with E-state index < -0.39 is 40.7 Å². The number of ether oxygens (including phenoxy) is 2. The van der Waals surface area contributed by atoms with Crippen molar-refractivity contribution in [3.63, 3.8) is 0 Å². The second-order valence-electron chi connectivity index (χ2n) is 7.75. The molecule has 5 nitrogen and oxygen atoms in total. The Hall–Kier alpha value is -2.70. The van der Waals surface area contributed by atoms with Gasteiger partial charge >= 0.3 is 0 Å². The predicted octanol–water partition coefficient (Wildman–Crippen LogP) is 6.23. The van der Waals surface area contributed by atoms with Crippen molar-refractivity contribution in [2.45, 2.75) is 27.7 Å². The Kier molecular flexibility index (Phi) is 7.84. The summed E-state index contributed by atoms with van der Waals surface area (Å²) in [5.74, 6) is -10.8. The highest BCUT2D eigenvalue weighted by Gasteiger charge is 2.37. The van der Waals surface area contributed by atoms with E-state index in [1.807, 2.05) is 36.4 Å². The van der Waals surface area contributed by atoms with Gasteiger partial charge in [-0.15, -0.1) is 0 Å². The highest BCUT2D eigenvalue weighted by atomic mass is 127. The van der Waals surface area contributed by atoms with Crippen LogP contribution in [-0.2, 0) is 4.79 Å². The number of nitrogens with zero attached hydrogens (tertiary/aromatic N) is 2. The van der Waals surface area contributed by atoms with Gasteiger partial charge in [-0.2, -0.15) is 10.1 Å². The van der Waals surface area contributed by atoms with Crippen molar-refractivity contribution in [1.29, 1.82) is 0 Å². The molecule has 2 aromatic carbocycles. The maximum absolute atomic E-state index is 14.2. The third kappa shape index (κ3) is 4.89. The van der Waals surface area contributed by atoms with Gasteiger partial charge in [0.2, 0.25) is 5.82 Å². The number of amides is 1. The van der Waals surface area contributed by atoms with E-state index in [-0.39, 0.29) is 22.2 Å². The zero-order chi connectivity index (χ0) is 25.3. The third-order valence-corrected chi connectivity index (χ3v) is 5.47. The molecule has 0 unspecified atom stereocenters. The van der Waals surface area contributed by atoms with Gasteiger partial charge in [0.15, 0.2) is 34.8 Å². The molecule has 0 bridgehead atoms. The zero-order valence-electron chi connectivity index (χ0n) is 18.6. The minimum Gasteiger partial charge on any atom is -0.490 e. The van der Waals surface area contributed by atoms with Gasteiger partial charge in [0.05, 0.1) is 28.1 Å². The van der Waals surface area contributed by atoms with Gasteiger partial charge in [0.1, 0.15) is 5.69 Å². The van der Waals surface area contributed by atoms with Crippen LogP contribution in [0.3, 0.4) is 0 Å². The number of carbonyl (C=O) groups excluding carboxylic acids is 1. The fraction of sp³-hybridized carbons (Fsp3) is 0.304. The number of rotatable bonds is 7. The van der Waals surface area contributed by atoms with Crippen LogP contribution in [0.5, 0.6) is 11.5 Å². The molecule has 1 heterocycles. The SMILES string of the molecule is CCOc1cc(/C=C2\C(=O)N(c3c(F)c(F)c(F)c(F)c3F)N=C2C)cc(I)c1OCC(C)C. The summed E-state index contributed by atoms with van der Waals surface area (Å²) in [4.78, 5) is 12.9. The lowest BCUT2D eigenvalue weighted by molar-refractivity contribution is -0.114. The Morgan fingerprint density at radius 2 is 1.62 bits per heavy atom. The average Bonchev–Trinajstić information content (AvgIpc) is 3.04. The van der Waals surface area contributed by atoms with Crippen molar-refractivity contribution >= 4 is 46.0 Å². The van der Waals surface area contributed by atoms with Crippen molar-refractivity contribution in [3.05, 3.63) is 55.9 Å². The van der Waals surface area contributed by atoms with E-state index in [0.29, 0.717) is 33.8 Å². The molecule has 1 aliphatic heterocycles. The highest BCUT2D eigenvalue weighted by Crippen LogP contribution is 2.37. The number of halogens is 6. The van der Waals surface area contributed by atoms with Crippen molar-refractivity contribution in [2.24, 2.45) is 11.0 Å². The molecule has 0 saturated heterocycles. The van der Waals surface area contributed by atoms with E-state index >= 15 is 0 Å². The predicted molar refractivity (Wildman–Crippen MR) is 125 cm³/mol. The molecule has 0 N–H and O–H groups in total. The van der Waals surface area contributed by atoms with Crippen LogP contribution in [0.1, 0.15) is 33.3 Å². The molecule has 2 aromatic rings. The summed E-state index contributed by atoms with van der Waals surface area (Å²) >= 11 is 2.05. The van der Waals surface area contributed by atoms with Crippen LogP contribution < -0.4 is 14.5 Å². The molecule has 0 spiro atoms. The lowest BCUT2D eigenvalue weighted by atomic mass is 10.1. The topological polar surface area (TPSA) is 51.1 Å². The van der Waals surface area contributed by atoms with Crippen molar-refractivity contribution in [3.8, 4) is 11.5 Å². The minimum absolute atomic E-state index is 0.0297. The van der Waals surface area contributed by atoms with Crippen LogP contribution in [0.25, 0.3) is 6.08 Å². The summed E-state index contributed by atoms with van der Waals surface area (Å²) in [6, 6.07) is 3.32. The first-order chi connectivity index (χ1) is 16.0. The first-order valence-electron chi connectivity index (χ1n) is 10.2. The molecular weight excluding hydrogens is 574 g/mol. The molecule has 0 saturated carbocycles. The Morgan fingerprint density at radius 1 is 1.03 bits per heavy atom. The van der Waals surface area contributed by atoms with Crippen molar-refractivity contribution in [1.82, 2.24) is 0 Å². The molecule has 0 atom stereocenters. The molecule has 3 rings (SSSR count). The van der Waals surface area contributed by atoms with Gasteiger partial charge in [-0.1, -0.05) is 13.8 Å². The largest absolute Gasteiger partial charge is 0.490 e. The lowest BCUT2D eigenvalue weighted by Crippen LogP contribution is -2.25. The van der Waals surface area contributed by atoms with Crippen LogP contribution in [0.15, 0.2) is 22.8 Å². The highest BCUT2D eigenvalue weighted by molar-refractivity contribution is 14.1. The van der Waals surface area contributed by atoms with Crippen LogP contribution in [0.4, 0.5) is 27.6 Å². The number of carbonyl (C=O) groups is 1. The third-order valence-electron chi connectivity index (χ3n) is 4.66. The fourth-order valence-corrected chi connectivity index (χ4v) is 3.89. The normalized spacial score (nSPS) is 14.9. The second kappa shape index (κ2) is 10.3. The number of benzene rings is 2. The number of hydrazone groups is 1. The Labute approximate surface area is 206 Å². The summed E-state index contributed by atoms with van der Waals surface area (Å²) in [5.41, 5.74) is -1.01. The van der Waals surface area contributed by atoms with E-state index in [4.69, 9.17) is 9.47 Å². The van der Waals surface area contributed by atoms with Crippen LogP contribution in [-0.4, -0.2) is 24.8 Å². The van der Waals surface area contributed by atoms with Gasteiger partial charge in [-0.25, -0.2) is 22.0 Å². The Morgan fingerprint density at radius 3 is 2.18 bits per heavy atom. The molecule has 1 amide bonds. The summed E-state index contributed by atoms with van der Waals surface area (Å²) < 4.78 is 81.4. The molecule has 11 heteroatoms. The summed E-state index contributed by atoms with van der Waals surface area (Å²) in [7, 11) is 0. The first kappa shape index (κ1) is 25.9. The van der Waals surface area contributed by atoms with E-state index in [1.54, 1.807) is 19.1 Å². The number of hydrogen-bond donors (Lipinski definition) is 0. The van der Waals surface area contributed by atoms with Gasteiger partial charge in [0, 0.05) is 0 Å². The van der Waals surface area contributed by atoms with Crippen LogP contribution in [0.2, 0.25) is 0 Å². The zero-order valence-corrected chi connectivity index (χ0v) is 20.8. The molecule has 34 heavy (non-hydrogen) atoms. The fourth-order valence-electron chi connectivity index (χ4n) is 3.11. The van der Waals surface area contributed by atoms with Gasteiger partial charge in [-0.3, -0.25) is 4.79 Å². The average molecular weight is 594 g/mol. The van der Waals surface area contributed by atoms with Gasteiger partial charge in [0.25, 0.3) is 5.91 Å². The first-order valence-corrected chi connectivity index (χ1v) is 11.3. The molecule has 0 radical (unpaired) electrons. The van der Waals surface area contributed by atoms with Crippen LogP contribution >= 0.6 is 22.6 Å². The van der Waals surface area contributed by atoms with Crippen molar-refractivity contribution < 1.29 is 36.2 Å². The molecular formula is C23H20F5IN2O3. The molecule has 1 aliphatic rings. The van der Waals surface area contributed by atoms with Crippen molar-refractivity contribution in [2.75, 3.05) is 18.2 Å². The molecule has 0 aromatic heterocycles. The lowest BCUT2D eigenvalue weighted by Gasteiger charge is -2.16. The number of hydrogen-bond acceptors (Lipinski definition) is 4. The maximum atomic E-state index is 14.2. The van der Waals surface area contributed by atoms with E-state index in [9.17, 15) is 26.7 Å². The maximum Gasteiger partial charge on any atom is 0.280 e. The van der Waals surface area contributed by atoms with Gasteiger partial charge < -0.3 is 9.47 Å². The molecule has 0 fully saturated rings. The Bertz CT molecular complexity index is 1180. The molecule has 0 aliphatic carbocycles. The van der Waals surface area contributed by atoms with Crippen LogP contribution in [0, 0.1) is 38.6 Å². The van der Waals surface area contributed by atoms with E-state index in [0.717, 1.165) is 0 Å². The molecule has 182 valence electrons. The number of anilines is 1. The van der Waals surface area contributed by atoms with E-state index in [1.165, 1.54) is 13.0 Å². The standard InChI is InChI=1S/C23H20F5IN2O3/c1-5-33-15-8-12(7-14(29)22(15)34-9-10(2)3)6-13-11(4)30-31(23(13)32)21-19(27)17(25)16(24)18(26)20(21)28/h6-8,10H,5,9H2,1-4H3/b13-6-. The van der Waals surface area contributed by atoms with E-state index in [2.05, 4.69) is 5.10 Å². The monoisotopic (exact) mass is 594 g/mol. The van der Waals surface area contributed by atoms with Gasteiger partial charge in [-0.05, 0) is 66.1 Å². The quantitative estimate of drug-likeness (QED) is 0.126. The summed E-state index contributed by atoms with van der Waals surface area (Å²) in [5, 5.41) is 3.91. The summed E-state index contributed by atoms with van der Waals surface area (Å²) in [6.45, 7) is 7.97. The smallest absolute Gasteiger partial charge is 0.280 e. The summed E-state index contributed by atoms with van der Waals surface area (Å²) in [6.07, 6.45) is 1.39. The second-order valence-corrected chi connectivity index (χ2v) is 8.91.